The lowest BCUT2D eigenvalue weighted by Gasteiger charge is -2.50. The van der Waals surface area contributed by atoms with Crippen LogP contribution in [-0.4, -0.2) is 67.6 Å². The van der Waals surface area contributed by atoms with Gasteiger partial charge in [0.25, 0.3) is 0 Å². The Morgan fingerprint density at radius 1 is 0.891 bits per heavy atom. The first kappa shape index (κ1) is 41.5. The Hall–Kier alpha value is -4.68. The summed E-state index contributed by atoms with van der Waals surface area (Å²) in [6.45, 7) is 2.31. The highest BCUT2D eigenvalue weighted by Gasteiger charge is 2.46. The second kappa shape index (κ2) is 17.8. The van der Waals surface area contributed by atoms with Crippen LogP contribution in [0, 0.1) is 10.8 Å². The molecule has 292 valence electrons. The monoisotopic (exact) mass is 788 g/mol. The zero-order valence-corrected chi connectivity index (χ0v) is 33.4. The lowest BCUT2D eigenvalue weighted by atomic mass is 9.75. The minimum atomic E-state index is -3.63. The van der Waals surface area contributed by atoms with E-state index < -0.39 is 30.2 Å². The lowest BCUT2D eigenvalue weighted by Crippen LogP contribution is -2.61. The summed E-state index contributed by atoms with van der Waals surface area (Å²) >= 11 is 6.29. The van der Waals surface area contributed by atoms with E-state index in [4.69, 9.17) is 46.9 Å². The topological polar surface area (TPSA) is 165 Å². The third kappa shape index (κ3) is 10.1. The summed E-state index contributed by atoms with van der Waals surface area (Å²) in [7, 11) is 3.17. The summed E-state index contributed by atoms with van der Waals surface area (Å²) in [5.41, 5.74) is 15.1. The van der Waals surface area contributed by atoms with Gasteiger partial charge in [0.1, 0.15) is 30.1 Å². The molecule has 1 aliphatic rings. The smallest absolute Gasteiger partial charge is 0.362 e. The number of nitrogens with one attached hydrogen (secondary N) is 2. The quantitative estimate of drug-likeness (QED) is 0.0267. The summed E-state index contributed by atoms with van der Waals surface area (Å²) < 4.78 is 37.8. The molecule has 3 atom stereocenters. The minimum Gasteiger partial charge on any atom is -0.472 e. The molecule has 14 heteroatoms. The van der Waals surface area contributed by atoms with Crippen LogP contribution in [0.5, 0.6) is 5.75 Å². The van der Waals surface area contributed by atoms with Crippen molar-refractivity contribution in [3.63, 3.8) is 0 Å². The van der Waals surface area contributed by atoms with E-state index in [9.17, 15) is 9.36 Å². The predicted molar refractivity (Wildman–Crippen MR) is 215 cm³/mol. The largest absolute Gasteiger partial charge is 0.472 e. The molecule has 4 aromatic rings. The van der Waals surface area contributed by atoms with Gasteiger partial charge in [0.15, 0.2) is 0 Å². The number of nitrogens with zero attached hydrogens (tertiary/aromatic N) is 2. The zero-order valence-electron chi connectivity index (χ0n) is 31.8. The first-order chi connectivity index (χ1) is 26.1. The summed E-state index contributed by atoms with van der Waals surface area (Å²) in [5.74, 6) is -0.311. The average molecular weight is 789 g/mol. The van der Waals surface area contributed by atoms with Gasteiger partial charge in [0.2, 0.25) is 5.90 Å². The minimum absolute atomic E-state index is 0.0194. The second-order valence-electron chi connectivity index (χ2n) is 14.4. The van der Waals surface area contributed by atoms with Crippen LogP contribution in [0.1, 0.15) is 43.0 Å². The third-order valence-corrected chi connectivity index (χ3v) is 11.7. The maximum absolute atomic E-state index is 13.1. The van der Waals surface area contributed by atoms with E-state index in [0.717, 1.165) is 22.3 Å². The molecule has 4 aromatic carbocycles. The summed E-state index contributed by atoms with van der Waals surface area (Å²) in [6, 6.07) is 37.4. The number of carbonyl (C=O) groups is 1. The van der Waals surface area contributed by atoms with Gasteiger partial charge in [0, 0.05) is 13.1 Å². The first-order valence-corrected chi connectivity index (χ1v) is 20.3. The van der Waals surface area contributed by atoms with E-state index in [-0.39, 0.29) is 36.6 Å². The number of nitrogens with two attached hydrogens (primary N) is 2. The van der Waals surface area contributed by atoms with Gasteiger partial charge in [-0.15, -0.1) is 0 Å². The van der Waals surface area contributed by atoms with E-state index in [1.165, 1.54) is 4.67 Å². The van der Waals surface area contributed by atoms with Crippen molar-refractivity contribution < 1.29 is 28.1 Å². The van der Waals surface area contributed by atoms with E-state index in [0.29, 0.717) is 18.8 Å². The third-order valence-electron chi connectivity index (χ3n) is 9.09. The van der Waals surface area contributed by atoms with Gasteiger partial charge in [-0.05, 0) is 80.5 Å². The fraction of sp³-hybridized carbons (Fsp3) is 0.317. The molecule has 3 unspecified atom stereocenters. The Bertz CT molecular complexity index is 1880. The maximum Gasteiger partial charge on any atom is 0.362 e. The normalized spacial score (nSPS) is 18.2. The highest BCUT2D eigenvalue weighted by atomic mass is 35.7. The molecule has 0 aliphatic carbocycles. The Kier molecular flexibility index (Phi) is 13.5. The fourth-order valence-electron chi connectivity index (χ4n) is 6.18. The van der Waals surface area contributed by atoms with Gasteiger partial charge >= 0.3 is 12.8 Å². The van der Waals surface area contributed by atoms with Crippen molar-refractivity contribution in [2.45, 2.75) is 45.2 Å². The molecule has 0 bridgehead atoms. The molecule has 0 saturated carbocycles. The van der Waals surface area contributed by atoms with Gasteiger partial charge in [0.05, 0.1) is 23.7 Å². The van der Waals surface area contributed by atoms with Crippen molar-refractivity contribution >= 4 is 30.0 Å². The van der Waals surface area contributed by atoms with Crippen molar-refractivity contribution in [1.82, 2.24) is 14.9 Å². The van der Waals surface area contributed by atoms with Crippen molar-refractivity contribution in [2.75, 3.05) is 33.8 Å². The van der Waals surface area contributed by atoms with Crippen molar-refractivity contribution in [2.24, 2.45) is 16.9 Å². The molecule has 0 spiro atoms. The molecule has 1 saturated heterocycles. The van der Waals surface area contributed by atoms with Crippen LogP contribution in [0.15, 0.2) is 127 Å². The predicted octanol–water partition coefficient (Wildman–Crippen LogP) is 6.75. The molecule has 0 amide bonds. The van der Waals surface area contributed by atoms with E-state index >= 15 is 0 Å². The molecule has 12 nitrogen and oxygen atoms in total. The van der Waals surface area contributed by atoms with Gasteiger partial charge in [-0.3, -0.25) is 19.7 Å². The van der Waals surface area contributed by atoms with Gasteiger partial charge in [-0.2, -0.15) is 0 Å². The Morgan fingerprint density at radius 3 is 1.87 bits per heavy atom. The molecule has 1 heterocycles. The van der Waals surface area contributed by atoms with E-state index in [1.807, 2.05) is 54.6 Å². The fourth-order valence-corrected chi connectivity index (χ4v) is 6.93. The number of rotatable bonds is 14. The van der Waals surface area contributed by atoms with Crippen LogP contribution >= 0.6 is 18.1 Å². The number of hydrogen-bond donors (Lipinski definition) is 4. The molecule has 1 fully saturated rings. The highest BCUT2D eigenvalue weighted by Crippen LogP contribution is 2.54. The summed E-state index contributed by atoms with van der Waals surface area (Å²) in [6.07, 6.45) is -1.41. The van der Waals surface area contributed by atoms with Crippen molar-refractivity contribution in [1.29, 1.82) is 5.41 Å². The van der Waals surface area contributed by atoms with Crippen LogP contribution in [0.2, 0.25) is 0 Å². The Morgan fingerprint density at radius 2 is 1.40 bits per heavy atom. The highest BCUT2D eigenvalue weighted by molar-refractivity contribution is 7.83. The lowest BCUT2D eigenvalue weighted by molar-refractivity contribution is -0.143. The van der Waals surface area contributed by atoms with Crippen molar-refractivity contribution in [3.8, 4) is 5.75 Å². The molecule has 5 rings (SSSR count). The van der Waals surface area contributed by atoms with Crippen LogP contribution < -0.4 is 21.5 Å². The molecule has 0 radical (unpaired) electrons. The SMILES string of the molecule is CN(C)P(=O)(Cl)OCC1CN(C(c2ccccc2)(c2ccccc2)c2ccccc2)CC(N/C(N)=C(\N)C(=N)OCc2ccc(OC(=O)C(C)(C)C)cc2)O1. The Balaban J connectivity index is 1.43. The number of benzene rings is 4. The number of hydrogen-bond acceptors (Lipinski definition) is 11. The van der Waals surface area contributed by atoms with Gasteiger partial charge in [-0.25, -0.2) is 4.67 Å². The standard InChI is InChI=1S/C41H50ClN6O6P/c1-40(2,3)39(49)54-33-23-21-29(22-24-33)27-51-38(45)36(43)37(44)46-35-26-48(25-34(53-35)28-52-55(42,50)47(4)5)41(30-15-9-6-10-16-30,31-17-11-7-12-18-31)32-19-13-8-14-20-32/h6-24,34-35,45-46H,25-28,43-44H2,1-5H3/b37-36-,45-38?. The van der Waals surface area contributed by atoms with E-state index in [1.54, 1.807) is 59.1 Å². The maximum atomic E-state index is 13.1. The number of ether oxygens (including phenoxy) is 3. The summed E-state index contributed by atoms with van der Waals surface area (Å²) in [4.78, 5) is 14.5. The second-order valence-corrected chi connectivity index (χ2v) is 17.7. The first-order valence-electron chi connectivity index (χ1n) is 17.8. The van der Waals surface area contributed by atoms with Gasteiger partial charge in [-0.1, -0.05) is 103 Å². The molecule has 55 heavy (non-hydrogen) atoms. The van der Waals surface area contributed by atoms with Crippen LogP contribution in [0.4, 0.5) is 0 Å². The number of halogens is 1. The van der Waals surface area contributed by atoms with Crippen LogP contribution in [0.3, 0.4) is 0 Å². The zero-order chi connectivity index (χ0) is 39.8. The van der Waals surface area contributed by atoms with Crippen LogP contribution in [0.25, 0.3) is 0 Å². The van der Waals surface area contributed by atoms with Gasteiger partial charge < -0.3 is 35.5 Å². The molecule has 0 aromatic heterocycles. The average Bonchev–Trinajstić information content (AvgIpc) is 3.17. The molecule has 6 N–H and O–H groups in total. The number of carbonyl (C=O) groups excluding carboxylic acids is 1. The molecule has 1 aliphatic heterocycles. The Labute approximate surface area is 328 Å². The molecular weight excluding hydrogens is 739 g/mol. The number of esters is 1. The summed E-state index contributed by atoms with van der Waals surface area (Å²) in [5, 5.41) is 11.7. The van der Waals surface area contributed by atoms with Crippen LogP contribution in [-0.2, 0) is 35.5 Å². The van der Waals surface area contributed by atoms with Crippen molar-refractivity contribution in [3.05, 3.63) is 149 Å². The number of morpholine rings is 1. The molecular formula is C41H50ClN6O6P. The van der Waals surface area contributed by atoms with E-state index in [2.05, 4.69) is 46.6 Å².